The highest BCUT2D eigenvalue weighted by atomic mass is 16.5. The van der Waals surface area contributed by atoms with E-state index in [1.807, 2.05) is 48.5 Å². The maximum atomic E-state index is 13.1. The van der Waals surface area contributed by atoms with Crippen LogP contribution in [0, 0.1) is 0 Å². The summed E-state index contributed by atoms with van der Waals surface area (Å²) in [6, 6.07) is 17.6. The van der Waals surface area contributed by atoms with Crippen LogP contribution in [0.3, 0.4) is 0 Å². The number of ether oxygens (including phenoxy) is 2. The number of nitrogens with zero attached hydrogens (tertiary/aromatic N) is 4. The average Bonchev–Trinajstić information content (AvgIpc) is 3.09. The SMILES string of the molecule is COc1ccc(Cn2c(=O)n(C)c3c4cc(-c5ccc(OC)nc5)ccc4ncc32)cc1. The van der Waals surface area contributed by atoms with Crippen LogP contribution >= 0.6 is 0 Å². The first kappa shape index (κ1) is 19.8. The van der Waals surface area contributed by atoms with Gasteiger partial charge < -0.3 is 9.47 Å². The molecule has 7 nitrogen and oxygen atoms in total. The quantitative estimate of drug-likeness (QED) is 0.425. The van der Waals surface area contributed by atoms with Crippen molar-refractivity contribution >= 4 is 21.9 Å². The lowest BCUT2D eigenvalue weighted by Crippen LogP contribution is -2.22. The van der Waals surface area contributed by atoms with Crippen LogP contribution in [0.5, 0.6) is 11.6 Å². The van der Waals surface area contributed by atoms with Gasteiger partial charge in [0.05, 0.1) is 43.5 Å². The van der Waals surface area contributed by atoms with Gasteiger partial charge in [0.1, 0.15) is 5.75 Å². The van der Waals surface area contributed by atoms with Gasteiger partial charge in [0.25, 0.3) is 0 Å². The molecule has 0 saturated heterocycles. The third-order valence-corrected chi connectivity index (χ3v) is 5.74. The number of hydrogen-bond acceptors (Lipinski definition) is 5. The van der Waals surface area contributed by atoms with Crippen LogP contribution in [-0.2, 0) is 13.6 Å². The zero-order chi connectivity index (χ0) is 22.2. The normalized spacial score (nSPS) is 11.2. The Morgan fingerprint density at radius 3 is 2.34 bits per heavy atom. The topological polar surface area (TPSA) is 71.2 Å². The Bertz CT molecular complexity index is 1480. The lowest BCUT2D eigenvalue weighted by atomic mass is 10.0. The Labute approximate surface area is 184 Å². The van der Waals surface area contributed by atoms with Gasteiger partial charge in [-0.05, 0) is 41.5 Å². The standard InChI is InChI=1S/C25H22N4O3/c1-28-24-20-12-17(18-7-11-23(32-3)27-13-18)6-10-21(20)26-14-22(24)29(25(28)30)15-16-4-8-19(31-2)9-5-16/h4-14H,15H2,1-3H3. The molecule has 0 aliphatic heterocycles. The molecule has 0 aliphatic carbocycles. The number of imidazole rings is 1. The highest BCUT2D eigenvalue weighted by Crippen LogP contribution is 2.29. The molecule has 3 aromatic heterocycles. The third-order valence-electron chi connectivity index (χ3n) is 5.74. The Hall–Kier alpha value is -4.13. The van der Waals surface area contributed by atoms with E-state index in [2.05, 4.69) is 16.0 Å². The molecular weight excluding hydrogens is 404 g/mol. The van der Waals surface area contributed by atoms with Crippen molar-refractivity contribution in [1.82, 2.24) is 19.1 Å². The van der Waals surface area contributed by atoms with E-state index in [0.29, 0.717) is 12.4 Å². The van der Waals surface area contributed by atoms with Crippen molar-refractivity contribution in [3.63, 3.8) is 0 Å². The zero-order valence-electron chi connectivity index (χ0n) is 18.1. The second kappa shape index (κ2) is 7.85. The second-order valence-corrected chi connectivity index (χ2v) is 7.59. The van der Waals surface area contributed by atoms with Crippen molar-refractivity contribution in [2.24, 2.45) is 7.05 Å². The van der Waals surface area contributed by atoms with Crippen LogP contribution in [0.4, 0.5) is 0 Å². The number of hydrogen-bond donors (Lipinski definition) is 0. The maximum Gasteiger partial charge on any atom is 0.329 e. The Balaban J connectivity index is 1.65. The molecular formula is C25H22N4O3. The molecule has 3 heterocycles. The van der Waals surface area contributed by atoms with E-state index in [1.165, 1.54) is 0 Å². The third kappa shape index (κ3) is 3.28. The van der Waals surface area contributed by atoms with E-state index in [4.69, 9.17) is 9.47 Å². The lowest BCUT2D eigenvalue weighted by Gasteiger charge is -2.07. The van der Waals surface area contributed by atoms with Crippen LogP contribution in [0.2, 0.25) is 0 Å². The van der Waals surface area contributed by atoms with Gasteiger partial charge in [-0.1, -0.05) is 18.2 Å². The fraction of sp³-hybridized carbons (Fsp3) is 0.160. The van der Waals surface area contributed by atoms with Crippen LogP contribution < -0.4 is 15.2 Å². The van der Waals surface area contributed by atoms with Crippen molar-refractivity contribution in [3.05, 3.63) is 83.0 Å². The molecule has 0 N–H and O–H groups in total. The predicted molar refractivity (Wildman–Crippen MR) is 124 cm³/mol. The Kier molecular flexibility index (Phi) is 4.86. The van der Waals surface area contributed by atoms with E-state index in [0.717, 1.165) is 44.4 Å². The molecule has 0 saturated carbocycles. The molecule has 0 bridgehead atoms. The highest BCUT2D eigenvalue weighted by molar-refractivity contribution is 6.03. The minimum Gasteiger partial charge on any atom is -0.497 e. The Morgan fingerprint density at radius 2 is 1.66 bits per heavy atom. The van der Waals surface area contributed by atoms with Gasteiger partial charge in [-0.15, -0.1) is 0 Å². The van der Waals surface area contributed by atoms with Gasteiger partial charge in [-0.3, -0.25) is 14.1 Å². The fourth-order valence-electron chi connectivity index (χ4n) is 4.02. The summed E-state index contributed by atoms with van der Waals surface area (Å²) in [6.45, 7) is 0.454. The van der Waals surface area contributed by atoms with Crippen LogP contribution in [-0.4, -0.2) is 33.3 Å². The summed E-state index contributed by atoms with van der Waals surface area (Å²) in [4.78, 5) is 22.1. The molecule has 7 heteroatoms. The zero-order valence-corrected chi connectivity index (χ0v) is 18.1. The molecule has 0 atom stereocenters. The van der Waals surface area contributed by atoms with Gasteiger partial charge in [-0.25, -0.2) is 9.78 Å². The van der Waals surface area contributed by atoms with E-state index < -0.39 is 0 Å². The van der Waals surface area contributed by atoms with Gasteiger partial charge in [-0.2, -0.15) is 0 Å². The largest absolute Gasteiger partial charge is 0.497 e. The molecule has 0 fully saturated rings. The Morgan fingerprint density at radius 1 is 0.875 bits per heavy atom. The average molecular weight is 426 g/mol. The summed E-state index contributed by atoms with van der Waals surface area (Å²) >= 11 is 0. The smallest absolute Gasteiger partial charge is 0.329 e. The number of pyridine rings is 2. The van der Waals surface area contributed by atoms with E-state index in [1.54, 1.807) is 42.8 Å². The van der Waals surface area contributed by atoms with Crippen molar-refractivity contribution < 1.29 is 9.47 Å². The van der Waals surface area contributed by atoms with Crippen molar-refractivity contribution in [2.45, 2.75) is 6.54 Å². The van der Waals surface area contributed by atoms with Crippen molar-refractivity contribution in [2.75, 3.05) is 14.2 Å². The molecule has 0 unspecified atom stereocenters. The molecule has 0 radical (unpaired) electrons. The second-order valence-electron chi connectivity index (χ2n) is 7.59. The molecule has 5 rings (SSSR count). The number of methoxy groups -OCH3 is 2. The van der Waals surface area contributed by atoms with Gasteiger partial charge in [0.15, 0.2) is 0 Å². The summed E-state index contributed by atoms with van der Waals surface area (Å²) in [5, 5.41) is 0.920. The number of fused-ring (bicyclic) bond motifs is 3. The van der Waals surface area contributed by atoms with Gasteiger partial charge >= 0.3 is 5.69 Å². The number of rotatable bonds is 5. The lowest BCUT2D eigenvalue weighted by molar-refractivity contribution is 0.398. The van der Waals surface area contributed by atoms with E-state index >= 15 is 0 Å². The van der Waals surface area contributed by atoms with Crippen LogP contribution in [0.25, 0.3) is 33.1 Å². The molecule has 0 aliphatic rings. The van der Waals surface area contributed by atoms with Crippen LogP contribution in [0.15, 0.2) is 71.8 Å². The molecule has 0 spiro atoms. The van der Waals surface area contributed by atoms with Crippen molar-refractivity contribution in [3.8, 4) is 22.8 Å². The first-order chi connectivity index (χ1) is 15.6. The highest BCUT2D eigenvalue weighted by Gasteiger charge is 2.15. The fourth-order valence-corrected chi connectivity index (χ4v) is 4.02. The molecule has 5 aromatic rings. The van der Waals surface area contributed by atoms with E-state index in [-0.39, 0.29) is 5.69 Å². The summed E-state index contributed by atoms with van der Waals surface area (Å²) in [7, 11) is 5.03. The monoisotopic (exact) mass is 426 g/mol. The predicted octanol–water partition coefficient (Wildman–Crippen LogP) is 4.02. The number of aromatic nitrogens is 4. The van der Waals surface area contributed by atoms with Gasteiger partial charge in [0, 0.05) is 30.3 Å². The maximum absolute atomic E-state index is 13.1. The minimum atomic E-state index is -0.0818. The number of aryl methyl sites for hydroxylation is 1. The molecule has 0 amide bonds. The summed E-state index contributed by atoms with van der Waals surface area (Å²) in [6.07, 6.45) is 3.55. The number of benzene rings is 2. The minimum absolute atomic E-state index is 0.0818. The first-order valence-electron chi connectivity index (χ1n) is 10.2. The van der Waals surface area contributed by atoms with Gasteiger partial charge in [0.2, 0.25) is 5.88 Å². The van der Waals surface area contributed by atoms with Crippen LogP contribution in [0.1, 0.15) is 5.56 Å². The summed E-state index contributed by atoms with van der Waals surface area (Å²) in [5.41, 5.74) is 5.38. The summed E-state index contributed by atoms with van der Waals surface area (Å²) in [5.74, 6) is 1.35. The first-order valence-corrected chi connectivity index (χ1v) is 10.2. The molecule has 160 valence electrons. The summed E-state index contributed by atoms with van der Waals surface area (Å²) < 4.78 is 13.8. The van der Waals surface area contributed by atoms with Crippen molar-refractivity contribution in [1.29, 1.82) is 0 Å². The molecule has 32 heavy (non-hydrogen) atoms. The molecule has 2 aromatic carbocycles. The van der Waals surface area contributed by atoms with E-state index in [9.17, 15) is 4.79 Å².